The molecule has 1 heterocycles. The van der Waals surface area contributed by atoms with E-state index < -0.39 is 24.0 Å². The molecule has 1 fully saturated rings. The van der Waals surface area contributed by atoms with Gasteiger partial charge in [0.25, 0.3) is 0 Å². The number of hydrogen-bond acceptors (Lipinski definition) is 5. The third kappa shape index (κ3) is 7.86. The maximum absolute atomic E-state index is 12.7. The van der Waals surface area contributed by atoms with Crippen LogP contribution in [0.5, 0.6) is 0 Å². The van der Waals surface area contributed by atoms with E-state index in [-0.39, 0.29) is 30.0 Å². The second-order valence-electron chi connectivity index (χ2n) is 8.10. The normalized spacial score (nSPS) is 24.3. The number of aliphatic carboxylic acids is 1. The standard InChI is InChI=1S/C20H39NO5SSi2/c1-8-11-27-20-16(19(24)21(20)13-17(22)23)12-18(25-28(6)14(4)9-2)26-29(7)15(5)10-3/h8,14-16,18,20,28-29H,1,9-13H2,2-7H3,(H,22,23). The molecular weight excluding hydrogens is 422 g/mol. The van der Waals surface area contributed by atoms with E-state index in [1.165, 1.54) is 4.90 Å². The Bertz CT molecular complexity index is 535. The molecule has 0 aromatic heterocycles. The second kappa shape index (κ2) is 12.9. The Kier molecular flexibility index (Phi) is 11.8. The van der Waals surface area contributed by atoms with Gasteiger partial charge in [-0.15, -0.1) is 18.3 Å². The second-order valence-corrected chi connectivity index (χ2v) is 14.9. The molecular formula is C20H39NO5SSi2. The molecule has 1 N–H and O–H groups in total. The van der Waals surface area contributed by atoms with E-state index in [9.17, 15) is 9.59 Å². The van der Waals surface area contributed by atoms with Gasteiger partial charge in [0.2, 0.25) is 5.91 Å². The summed E-state index contributed by atoms with van der Waals surface area (Å²) in [6.07, 6.45) is 4.07. The molecule has 6 unspecified atom stereocenters. The summed E-state index contributed by atoms with van der Waals surface area (Å²) in [6, 6.07) is 0. The van der Waals surface area contributed by atoms with E-state index in [0.717, 1.165) is 12.8 Å². The van der Waals surface area contributed by atoms with Gasteiger partial charge >= 0.3 is 5.97 Å². The van der Waals surface area contributed by atoms with Crippen molar-refractivity contribution >= 4 is 41.7 Å². The molecule has 1 aliphatic rings. The van der Waals surface area contributed by atoms with Crippen LogP contribution in [0, 0.1) is 5.92 Å². The molecule has 6 nitrogen and oxygen atoms in total. The van der Waals surface area contributed by atoms with Crippen LogP contribution in [0.1, 0.15) is 47.0 Å². The lowest BCUT2D eigenvalue weighted by molar-refractivity contribution is -0.161. The summed E-state index contributed by atoms with van der Waals surface area (Å²) in [6.45, 7) is 16.7. The highest BCUT2D eigenvalue weighted by atomic mass is 32.2. The van der Waals surface area contributed by atoms with Gasteiger partial charge in [0, 0.05) is 12.2 Å². The Labute approximate surface area is 183 Å². The number of carbonyl (C=O) groups is 2. The van der Waals surface area contributed by atoms with Gasteiger partial charge in [0.15, 0.2) is 18.1 Å². The Hall–Kier alpha value is -0.616. The number of β-lactam (4-membered cyclic amide) rings is 1. The number of carboxylic acid groups (broad SMARTS) is 1. The largest absolute Gasteiger partial charge is 0.480 e. The first-order valence-corrected chi connectivity index (χ1v) is 16.3. The highest BCUT2D eigenvalue weighted by Crippen LogP contribution is 2.39. The van der Waals surface area contributed by atoms with Crippen molar-refractivity contribution in [3.05, 3.63) is 12.7 Å². The molecule has 9 heteroatoms. The lowest BCUT2D eigenvalue weighted by Crippen LogP contribution is -2.61. The number of nitrogens with zero attached hydrogens (tertiary/aromatic N) is 1. The van der Waals surface area contributed by atoms with Crippen molar-refractivity contribution in [2.24, 2.45) is 5.92 Å². The molecule has 1 aliphatic heterocycles. The summed E-state index contributed by atoms with van der Waals surface area (Å²) in [5.74, 6) is -0.685. The van der Waals surface area contributed by atoms with Crippen molar-refractivity contribution in [3.8, 4) is 0 Å². The monoisotopic (exact) mass is 461 g/mol. The van der Waals surface area contributed by atoms with Crippen LogP contribution in [-0.2, 0) is 18.4 Å². The van der Waals surface area contributed by atoms with Gasteiger partial charge < -0.3 is 18.9 Å². The summed E-state index contributed by atoms with van der Waals surface area (Å²) in [4.78, 5) is 25.3. The molecule has 0 aromatic carbocycles. The van der Waals surface area contributed by atoms with Crippen LogP contribution >= 0.6 is 11.8 Å². The van der Waals surface area contributed by atoms with Crippen molar-refractivity contribution in [2.75, 3.05) is 12.3 Å². The molecule has 6 atom stereocenters. The molecule has 0 aliphatic carbocycles. The number of carboxylic acids is 1. The fourth-order valence-corrected chi connectivity index (χ4v) is 7.71. The van der Waals surface area contributed by atoms with Crippen molar-refractivity contribution in [3.63, 3.8) is 0 Å². The number of thioether (sulfide) groups is 1. The molecule has 0 bridgehead atoms. The molecule has 168 valence electrons. The number of likely N-dealkylation sites (tertiary alicyclic amines) is 1. The first-order valence-electron chi connectivity index (χ1n) is 10.7. The average Bonchev–Trinajstić information content (AvgIpc) is 2.69. The van der Waals surface area contributed by atoms with Crippen molar-refractivity contribution in [2.45, 2.75) is 82.8 Å². The summed E-state index contributed by atoms with van der Waals surface area (Å²) in [5, 5.41) is 8.97. The zero-order chi connectivity index (χ0) is 22.1. The Morgan fingerprint density at radius 1 is 1.24 bits per heavy atom. The van der Waals surface area contributed by atoms with Gasteiger partial charge in [-0.05, 0) is 24.2 Å². The van der Waals surface area contributed by atoms with Crippen LogP contribution in [0.3, 0.4) is 0 Å². The Morgan fingerprint density at radius 2 is 1.76 bits per heavy atom. The van der Waals surface area contributed by atoms with Crippen molar-refractivity contribution in [1.82, 2.24) is 4.90 Å². The van der Waals surface area contributed by atoms with Crippen molar-refractivity contribution < 1.29 is 23.5 Å². The van der Waals surface area contributed by atoms with Gasteiger partial charge in [-0.2, -0.15) is 0 Å². The fourth-order valence-electron chi connectivity index (χ4n) is 3.26. The Balaban J connectivity index is 2.91. The smallest absolute Gasteiger partial charge is 0.323 e. The number of rotatable bonds is 15. The Morgan fingerprint density at radius 3 is 2.17 bits per heavy atom. The van der Waals surface area contributed by atoms with Crippen LogP contribution in [0.2, 0.25) is 24.2 Å². The van der Waals surface area contributed by atoms with Crippen LogP contribution in [0.15, 0.2) is 12.7 Å². The van der Waals surface area contributed by atoms with E-state index >= 15 is 0 Å². The van der Waals surface area contributed by atoms with E-state index in [4.69, 9.17) is 14.0 Å². The quantitative estimate of drug-likeness (QED) is 0.173. The topological polar surface area (TPSA) is 76.1 Å². The molecule has 1 rings (SSSR count). The lowest BCUT2D eigenvalue weighted by atomic mass is 9.94. The van der Waals surface area contributed by atoms with Crippen LogP contribution < -0.4 is 0 Å². The maximum atomic E-state index is 12.7. The van der Waals surface area contributed by atoms with E-state index in [0.29, 0.717) is 23.3 Å². The molecule has 0 aromatic rings. The highest BCUT2D eigenvalue weighted by molar-refractivity contribution is 8.00. The molecule has 0 radical (unpaired) electrons. The molecule has 29 heavy (non-hydrogen) atoms. The predicted molar refractivity (Wildman–Crippen MR) is 125 cm³/mol. The first kappa shape index (κ1) is 26.4. The van der Waals surface area contributed by atoms with Gasteiger partial charge in [-0.3, -0.25) is 9.59 Å². The molecule has 0 spiro atoms. The van der Waals surface area contributed by atoms with E-state index in [2.05, 4.69) is 47.4 Å². The van der Waals surface area contributed by atoms with Gasteiger partial charge in [0.05, 0.1) is 11.3 Å². The minimum absolute atomic E-state index is 0.109. The first-order chi connectivity index (χ1) is 13.7. The summed E-state index contributed by atoms with van der Waals surface area (Å²) < 4.78 is 12.9. The summed E-state index contributed by atoms with van der Waals surface area (Å²) in [5.41, 5.74) is 1.07. The number of amides is 1. The van der Waals surface area contributed by atoms with Crippen LogP contribution in [0.25, 0.3) is 0 Å². The molecule has 1 saturated heterocycles. The fraction of sp³-hybridized carbons (Fsp3) is 0.800. The zero-order valence-electron chi connectivity index (χ0n) is 18.8. The lowest BCUT2D eigenvalue weighted by Gasteiger charge is -2.47. The van der Waals surface area contributed by atoms with Crippen LogP contribution in [-0.4, -0.2) is 63.9 Å². The number of hydrogen-bond donors (Lipinski definition) is 1. The molecule has 1 amide bonds. The highest BCUT2D eigenvalue weighted by Gasteiger charge is 2.49. The van der Waals surface area contributed by atoms with Crippen molar-refractivity contribution in [1.29, 1.82) is 0 Å². The minimum atomic E-state index is -1.45. The van der Waals surface area contributed by atoms with E-state index in [1.807, 2.05) is 0 Å². The summed E-state index contributed by atoms with van der Waals surface area (Å²) in [7, 11) is -2.89. The third-order valence-electron chi connectivity index (χ3n) is 6.01. The van der Waals surface area contributed by atoms with E-state index in [1.54, 1.807) is 17.8 Å². The van der Waals surface area contributed by atoms with Gasteiger partial charge in [0.1, 0.15) is 12.8 Å². The SMILES string of the molecule is C=CCSC1C(CC(O[SiH](C)C(C)CC)O[SiH](C)C(C)CC)C(=O)N1CC(=O)O. The average molecular weight is 462 g/mol. The van der Waals surface area contributed by atoms with Gasteiger partial charge in [-0.25, -0.2) is 0 Å². The number of carbonyl (C=O) groups excluding carboxylic acids is 1. The minimum Gasteiger partial charge on any atom is -0.480 e. The molecule has 0 saturated carbocycles. The maximum Gasteiger partial charge on any atom is 0.323 e. The van der Waals surface area contributed by atoms with Gasteiger partial charge in [-0.1, -0.05) is 46.6 Å². The van der Waals surface area contributed by atoms with Crippen LogP contribution in [0.4, 0.5) is 0 Å². The predicted octanol–water partition coefficient (Wildman–Crippen LogP) is 3.83. The zero-order valence-corrected chi connectivity index (χ0v) is 21.9. The third-order valence-corrected chi connectivity index (χ3v) is 13.0. The summed E-state index contributed by atoms with van der Waals surface area (Å²) >= 11 is 1.56.